The highest BCUT2D eigenvalue weighted by atomic mass is 32.2. The van der Waals surface area contributed by atoms with Crippen LogP contribution in [0.25, 0.3) is 22.2 Å². The van der Waals surface area contributed by atoms with E-state index < -0.39 is 64.1 Å². The summed E-state index contributed by atoms with van der Waals surface area (Å²) in [6.07, 6.45) is 2.94. The Balaban J connectivity index is 1.12. The molecule has 3 aromatic rings. The minimum Gasteiger partial charge on any atom is -0.755 e. The molecule has 2 aromatic carbocycles. The number of hydrogen-bond acceptors (Lipinski definition) is 10. The molecule has 2 saturated carbocycles. The second-order valence-corrected chi connectivity index (χ2v) is 18.2. The van der Waals surface area contributed by atoms with E-state index >= 15 is 0 Å². The van der Waals surface area contributed by atoms with E-state index in [2.05, 4.69) is 11.9 Å². The zero-order valence-corrected chi connectivity index (χ0v) is 34.1. The van der Waals surface area contributed by atoms with Gasteiger partial charge in [0, 0.05) is 54.4 Å². The first-order valence-corrected chi connectivity index (χ1v) is 21.0. The maximum atomic E-state index is 15.0. The number of hydrogen-bond donors (Lipinski definition) is 1. The van der Waals surface area contributed by atoms with E-state index in [4.69, 9.17) is 19.2 Å². The third-order valence-electron chi connectivity index (χ3n) is 12.4. The van der Waals surface area contributed by atoms with Crippen LogP contribution in [0.1, 0.15) is 59.3 Å². The van der Waals surface area contributed by atoms with Gasteiger partial charge in [0.25, 0.3) is 5.91 Å². The van der Waals surface area contributed by atoms with Crippen LogP contribution in [0.15, 0.2) is 67.3 Å². The normalized spacial score (nSPS) is 27.2. The van der Waals surface area contributed by atoms with Crippen molar-refractivity contribution >= 4 is 45.8 Å². The van der Waals surface area contributed by atoms with E-state index in [9.17, 15) is 27.9 Å². The maximum absolute atomic E-state index is 15.0. The lowest BCUT2D eigenvalue weighted by Gasteiger charge is -2.37. The molecule has 2 aliphatic carbocycles. The van der Waals surface area contributed by atoms with E-state index in [-0.39, 0.29) is 49.8 Å². The number of nitrogens with zero attached hydrogens (tertiary/aromatic N) is 4. The molecule has 3 unspecified atom stereocenters. The zero-order valence-electron chi connectivity index (χ0n) is 33.3. The van der Waals surface area contributed by atoms with Crippen LogP contribution in [-0.2, 0) is 35.2 Å². The number of nitrogens with one attached hydrogen (secondary N) is 1. The lowest BCUT2D eigenvalue weighted by atomic mass is 9.77. The number of likely N-dealkylation sites (tertiary alicyclic amines) is 2. The molecule has 3 saturated heterocycles. The summed E-state index contributed by atoms with van der Waals surface area (Å²) in [5.74, 6) is -2.00. The van der Waals surface area contributed by atoms with Gasteiger partial charge in [-0.3, -0.25) is 27.7 Å². The highest BCUT2D eigenvalue weighted by Crippen LogP contribution is 2.48. The predicted octanol–water partition coefficient (Wildman–Crippen LogP) is 4.16. The number of carbonyl (C=O) groups excluding carboxylic acids is 4. The van der Waals surface area contributed by atoms with Gasteiger partial charge in [0.2, 0.25) is 17.7 Å². The molecular weight excluding hydrogens is 763 g/mol. The largest absolute Gasteiger partial charge is 0.755 e. The topological polar surface area (TPSA) is 171 Å². The number of fused-ring (bicyclic) bond motifs is 3. The zero-order chi connectivity index (χ0) is 41.1. The smallest absolute Gasteiger partial charge is 0.260 e. The fourth-order valence-corrected chi connectivity index (χ4v) is 9.61. The second-order valence-electron chi connectivity index (χ2n) is 17.3. The van der Waals surface area contributed by atoms with Crippen molar-refractivity contribution in [2.75, 3.05) is 26.8 Å². The van der Waals surface area contributed by atoms with E-state index in [0.29, 0.717) is 54.1 Å². The summed E-state index contributed by atoms with van der Waals surface area (Å²) in [7, 11) is 1.58. The lowest BCUT2D eigenvalue weighted by Crippen LogP contribution is -2.57. The molecule has 1 N–H and O–H groups in total. The van der Waals surface area contributed by atoms with Gasteiger partial charge in [-0.15, -0.1) is 6.58 Å². The summed E-state index contributed by atoms with van der Waals surface area (Å²) in [4.78, 5) is 65.6. The molecule has 0 radical (unpaired) electrons. The molecule has 4 amide bonds. The van der Waals surface area contributed by atoms with Gasteiger partial charge < -0.3 is 33.9 Å². The number of methoxy groups -OCH3 is 1. The highest BCUT2D eigenvalue weighted by Gasteiger charge is 2.63. The number of benzene rings is 2. The molecule has 5 aliphatic rings. The van der Waals surface area contributed by atoms with Gasteiger partial charge in [0.15, 0.2) is 0 Å². The summed E-state index contributed by atoms with van der Waals surface area (Å²) in [5, 5.41) is 3.62. The summed E-state index contributed by atoms with van der Waals surface area (Å²) in [5.41, 5.74) is -0.0365. The van der Waals surface area contributed by atoms with Crippen LogP contribution in [0.5, 0.6) is 11.5 Å². The molecule has 0 spiro atoms. The van der Waals surface area contributed by atoms with Crippen LogP contribution in [-0.4, -0.2) is 114 Å². The Morgan fingerprint density at radius 1 is 1.10 bits per heavy atom. The molecule has 8 atom stereocenters. The van der Waals surface area contributed by atoms with Crippen LogP contribution in [0.3, 0.4) is 0 Å². The number of ether oxygens (including phenoxy) is 3. The van der Waals surface area contributed by atoms with Crippen LogP contribution in [0.4, 0.5) is 0 Å². The van der Waals surface area contributed by atoms with E-state index in [0.717, 1.165) is 16.3 Å². The Labute approximate surface area is 340 Å². The van der Waals surface area contributed by atoms with Crippen molar-refractivity contribution < 1.29 is 42.2 Å². The predicted molar refractivity (Wildman–Crippen MR) is 214 cm³/mol. The molecule has 8 rings (SSSR count). The van der Waals surface area contributed by atoms with Crippen LogP contribution < -0.4 is 14.8 Å². The van der Waals surface area contributed by atoms with E-state index in [1.165, 1.54) is 4.90 Å². The average Bonchev–Trinajstić information content (AvgIpc) is 4.00. The first-order chi connectivity index (χ1) is 27.7. The van der Waals surface area contributed by atoms with Gasteiger partial charge in [-0.2, -0.15) is 0 Å². The molecular formula is C43H50N5O9S-. The SMILES string of the molecule is C=C[C@@H]1C[C@]1(NC(=O)[C@@H]1C[C@@H](Oc2cc(-c3ccccc3)nc3cc(OC)ccc23)CN1C(=O)[C@@H](CC(=O)N1CC2CC1CO2)C(C)(C)C)C(=O)N(C1CC1)S(=O)[O-]. The average molecular weight is 813 g/mol. The Hall–Kier alpha value is -4.86. The third-order valence-corrected chi connectivity index (χ3v) is 13.2. The fraction of sp³-hybridized carbons (Fsp3) is 0.512. The van der Waals surface area contributed by atoms with Gasteiger partial charge in [-0.05, 0) is 43.2 Å². The number of carbonyl (C=O) groups is 4. The summed E-state index contributed by atoms with van der Waals surface area (Å²) >= 11 is -2.83. The third kappa shape index (κ3) is 7.59. The molecule has 15 heteroatoms. The first-order valence-electron chi connectivity index (χ1n) is 20.0. The van der Waals surface area contributed by atoms with Gasteiger partial charge in [0.05, 0.1) is 60.8 Å². The number of amides is 4. The van der Waals surface area contributed by atoms with Crippen molar-refractivity contribution in [2.24, 2.45) is 17.3 Å². The monoisotopic (exact) mass is 812 g/mol. The van der Waals surface area contributed by atoms with Crippen molar-refractivity contribution in [3.8, 4) is 22.8 Å². The number of morpholine rings is 1. The van der Waals surface area contributed by atoms with Gasteiger partial charge in [-0.1, -0.05) is 57.2 Å². The molecule has 308 valence electrons. The van der Waals surface area contributed by atoms with Crippen molar-refractivity contribution in [2.45, 2.75) is 95.2 Å². The Morgan fingerprint density at radius 2 is 1.86 bits per heavy atom. The molecule has 14 nitrogen and oxygen atoms in total. The van der Waals surface area contributed by atoms with Crippen LogP contribution in [0.2, 0.25) is 0 Å². The lowest BCUT2D eigenvalue weighted by molar-refractivity contribution is -0.149. The molecule has 1 aromatic heterocycles. The Bertz CT molecular complexity index is 2160. The van der Waals surface area contributed by atoms with Gasteiger partial charge >= 0.3 is 0 Å². The van der Waals surface area contributed by atoms with E-state index in [1.807, 2.05) is 80.3 Å². The van der Waals surface area contributed by atoms with Crippen molar-refractivity contribution in [1.29, 1.82) is 0 Å². The maximum Gasteiger partial charge on any atom is 0.260 e. The van der Waals surface area contributed by atoms with E-state index in [1.54, 1.807) is 13.2 Å². The van der Waals surface area contributed by atoms with Crippen LogP contribution >= 0.6 is 0 Å². The van der Waals surface area contributed by atoms with Gasteiger partial charge in [0.1, 0.15) is 29.2 Å². The highest BCUT2D eigenvalue weighted by molar-refractivity contribution is 7.77. The summed E-state index contributed by atoms with van der Waals surface area (Å²) < 4.78 is 43.4. The molecule has 4 heterocycles. The minimum absolute atomic E-state index is 0.00166. The van der Waals surface area contributed by atoms with Crippen molar-refractivity contribution in [3.63, 3.8) is 0 Å². The standard InChI is InChI=1S/C43H51N5O9S/c1-6-26-21-43(26,41(52)48(58(53)54)27-12-13-27)45-39(50)36-18-31(23-47(36)40(51)33(42(2,3)4)19-38(49)46-22-30-16-28(46)24-56-30)57-37-20-34(25-10-8-7-9-11-25)44-35-17-29(55-5)14-15-32(35)37/h6-11,14-15,17,20,26-28,30-31,33,36H,1,12-13,16,18-19,21-24H2,2-5H3,(H,45,50)(H,53,54)/p-1/t26-,28?,30?,31-,33-,36+,43-/m1/s1. The fourth-order valence-electron chi connectivity index (χ4n) is 8.85. The molecule has 5 fully saturated rings. The number of pyridine rings is 1. The Kier molecular flexibility index (Phi) is 10.6. The number of aromatic nitrogens is 1. The molecule has 3 aliphatic heterocycles. The quantitative estimate of drug-likeness (QED) is 0.195. The number of rotatable bonds is 13. The molecule has 2 bridgehead atoms. The summed E-state index contributed by atoms with van der Waals surface area (Å²) in [6.45, 7) is 10.6. The Morgan fingerprint density at radius 3 is 2.47 bits per heavy atom. The van der Waals surface area contributed by atoms with Gasteiger partial charge in [-0.25, -0.2) is 4.98 Å². The molecule has 58 heavy (non-hydrogen) atoms. The first kappa shape index (κ1) is 39.9. The minimum atomic E-state index is -2.83. The summed E-state index contributed by atoms with van der Waals surface area (Å²) in [6, 6.07) is 15.4. The van der Waals surface area contributed by atoms with Crippen LogP contribution in [0, 0.1) is 17.3 Å². The van der Waals surface area contributed by atoms with Crippen molar-refractivity contribution in [1.82, 2.24) is 24.4 Å². The van der Waals surface area contributed by atoms with Crippen molar-refractivity contribution in [3.05, 3.63) is 67.3 Å². The second kappa shape index (κ2) is 15.4.